The van der Waals surface area contributed by atoms with Crippen molar-refractivity contribution in [2.24, 2.45) is 5.92 Å². The molecule has 1 aromatic carbocycles. The van der Waals surface area contributed by atoms with E-state index in [2.05, 4.69) is 4.74 Å². The highest BCUT2D eigenvalue weighted by Crippen LogP contribution is 2.20. The van der Waals surface area contributed by atoms with E-state index in [-0.39, 0.29) is 18.0 Å². The van der Waals surface area contributed by atoms with Crippen molar-refractivity contribution in [1.82, 2.24) is 0 Å². The largest absolute Gasteiger partial charge is 0.508 e. The SMILES string of the molecule is COC(=O)C(Cc1ccccc1O)C(C)=O. The number of ketones is 1. The Morgan fingerprint density at radius 3 is 2.50 bits per heavy atom. The van der Waals surface area contributed by atoms with Gasteiger partial charge < -0.3 is 9.84 Å². The fourth-order valence-corrected chi connectivity index (χ4v) is 1.44. The van der Waals surface area contributed by atoms with Crippen molar-refractivity contribution in [3.63, 3.8) is 0 Å². The molecule has 0 fully saturated rings. The summed E-state index contributed by atoms with van der Waals surface area (Å²) >= 11 is 0. The number of carbonyl (C=O) groups is 2. The van der Waals surface area contributed by atoms with Gasteiger partial charge in [0.2, 0.25) is 0 Å². The first-order chi connectivity index (χ1) is 7.56. The first-order valence-electron chi connectivity index (χ1n) is 4.91. The van der Waals surface area contributed by atoms with Gasteiger partial charge in [-0.2, -0.15) is 0 Å². The summed E-state index contributed by atoms with van der Waals surface area (Å²) in [4.78, 5) is 22.6. The van der Waals surface area contributed by atoms with E-state index in [0.717, 1.165) is 0 Å². The summed E-state index contributed by atoms with van der Waals surface area (Å²) in [6.07, 6.45) is 0.161. The number of aromatic hydroxyl groups is 1. The molecule has 0 spiro atoms. The van der Waals surface area contributed by atoms with Crippen molar-refractivity contribution in [3.05, 3.63) is 29.8 Å². The lowest BCUT2D eigenvalue weighted by atomic mass is 9.95. The number of methoxy groups -OCH3 is 1. The molecule has 1 N–H and O–H groups in total. The van der Waals surface area contributed by atoms with Gasteiger partial charge in [0, 0.05) is 0 Å². The van der Waals surface area contributed by atoms with Crippen molar-refractivity contribution in [2.45, 2.75) is 13.3 Å². The minimum atomic E-state index is -0.849. The Bertz CT molecular complexity index is 398. The van der Waals surface area contributed by atoms with Crippen LogP contribution >= 0.6 is 0 Å². The number of carbonyl (C=O) groups excluding carboxylic acids is 2. The van der Waals surface area contributed by atoms with Crippen LogP contribution in [0.15, 0.2) is 24.3 Å². The van der Waals surface area contributed by atoms with Crippen LogP contribution in [0.1, 0.15) is 12.5 Å². The summed E-state index contributed by atoms with van der Waals surface area (Å²) in [5.41, 5.74) is 0.563. The third-order valence-corrected chi connectivity index (χ3v) is 2.39. The quantitative estimate of drug-likeness (QED) is 0.616. The Kier molecular flexibility index (Phi) is 4.05. The number of para-hydroxylation sites is 1. The molecule has 0 saturated heterocycles. The van der Waals surface area contributed by atoms with Gasteiger partial charge in [-0.25, -0.2) is 0 Å². The van der Waals surface area contributed by atoms with E-state index in [9.17, 15) is 14.7 Å². The summed E-state index contributed by atoms with van der Waals surface area (Å²) in [7, 11) is 1.24. The van der Waals surface area contributed by atoms with Crippen LogP contribution in [0.2, 0.25) is 0 Å². The Morgan fingerprint density at radius 1 is 1.38 bits per heavy atom. The minimum absolute atomic E-state index is 0.0812. The molecule has 4 heteroatoms. The number of phenols is 1. The first kappa shape index (κ1) is 12.2. The molecule has 0 aliphatic carbocycles. The molecule has 86 valence electrons. The van der Waals surface area contributed by atoms with Crippen LogP contribution in [0, 0.1) is 5.92 Å². The molecule has 1 aromatic rings. The lowest BCUT2D eigenvalue weighted by Crippen LogP contribution is -2.25. The minimum Gasteiger partial charge on any atom is -0.508 e. The molecule has 0 aliphatic heterocycles. The summed E-state index contributed by atoms with van der Waals surface area (Å²) in [6, 6.07) is 6.61. The second-order valence-corrected chi connectivity index (χ2v) is 3.52. The average molecular weight is 222 g/mol. The van der Waals surface area contributed by atoms with Crippen molar-refractivity contribution in [1.29, 1.82) is 0 Å². The van der Waals surface area contributed by atoms with Crippen LogP contribution in [0.4, 0.5) is 0 Å². The summed E-state index contributed by atoms with van der Waals surface area (Å²) in [5.74, 6) is -1.61. The molecule has 0 amide bonds. The summed E-state index contributed by atoms with van der Waals surface area (Å²) in [5, 5.41) is 9.53. The predicted molar refractivity (Wildman–Crippen MR) is 58.0 cm³/mol. The molecule has 16 heavy (non-hydrogen) atoms. The Hall–Kier alpha value is -1.84. The number of esters is 1. The maximum atomic E-state index is 11.3. The normalized spacial score (nSPS) is 11.9. The van der Waals surface area contributed by atoms with Crippen LogP contribution < -0.4 is 0 Å². The first-order valence-corrected chi connectivity index (χ1v) is 4.91. The molecule has 4 nitrogen and oxygen atoms in total. The molecule has 0 bridgehead atoms. The number of rotatable bonds is 4. The van der Waals surface area contributed by atoms with Crippen LogP contribution in [-0.4, -0.2) is 24.0 Å². The zero-order chi connectivity index (χ0) is 12.1. The molecule has 1 atom stereocenters. The molecule has 0 aromatic heterocycles. The molecular formula is C12H14O4. The number of ether oxygens (including phenoxy) is 1. The number of benzene rings is 1. The zero-order valence-corrected chi connectivity index (χ0v) is 9.27. The van der Waals surface area contributed by atoms with Gasteiger partial charge in [-0.15, -0.1) is 0 Å². The molecule has 1 rings (SSSR count). The lowest BCUT2D eigenvalue weighted by Gasteiger charge is -2.12. The molecule has 1 unspecified atom stereocenters. The van der Waals surface area contributed by atoms with Gasteiger partial charge in [0.25, 0.3) is 0 Å². The highest BCUT2D eigenvalue weighted by atomic mass is 16.5. The van der Waals surface area contributed by atoms with Gasteiger partial charge in [-0.3, -0.25) is 9.59 Å². The zero-order valence-electron chi connectivity index (χ0n) is 9.27. The van der Waals surface area contributed by atoms with E-state index in [0.29, 0.717) is 5.56 Å². The Labute approximate surface area is 93.9 Å². The van der Waals surface area contributed by atoms with Gasteiger partial charge in [0.1, 0.15) is 17.5 Å². The second kappa shape index (κ2) is 5.30. The van der Waals surface area contributed by atoms with Gasteiger partial charge in [-0.1, -0.05) is 18.2 Å². The van der Waals surface area contributed by atoms with E-state index in [1.165, 1.54) is 20.1 Å². The fourth-order valence-electron chi connectivity index (χ4n) is 1.44. The number of hydrogen-bond donors (Lipinski definition) is 1. The second-order valence-electron chi connectivity index (χ2n) is 3.52. The fraction of sp³-hybridized carbons (Fsp3) is 0.333. The monoisotopic (exact) mass is 222 g/mol. The van der Waals surface area contributed by atoms with Crippen LogP contribution in [0.5, 0.6) is 5.75 Å². The highest BCUT2D eigenvalue weighted by molar-refractivity contribution is 5.98. The van der Waals surface area contributed by atoms with Gasteiger partial charge in [0.05, 0.1) is 7.11 Å². The van der Waals surface area contributed by atoms with E-state index >= 15 is 0 Å². The Balaban J connectivity index is 2.88. The lowest BCUT2D eigenvalue weighted by molar-refractivity contribution is -0.148. The maximum absolute atomic E-state index is 11.3. The van der Waals surface area contributed by atoms with E-state index in [1.54, 1.807) is 18.2 Å². The highest BCUT2D eigenvalue weighted by Gasteiger charge is 2.25. The topological polar surface area (TPSA) is 63.6 Å². The molecule has 0 saturated carbocycles. The number of Topliss-reactive ketones (excluding diaryl/α,β-unsaturated/α-hetero) is 1. The van der Waals surface area contributed by atoms with Crippen molar-refractivity contribution < 1.29 is 19.4 Å². The van der Waals surface area contributed by atoms with Crippen LogP contribution in [0.3, 0.4) is 0 Å². The molecule has 0 radical (unpaired) electrons. The van der Waals surface area contributed by atoms with Gasteiger partial charge in [0.15, 0.2) is 0 Å². The Morgan fingerprint density at radius 2 is 2.00 bits per heavy atom. The van der Waals surface area contributed by atoms with Crippen molar-refractivity contribution in [3.8, 4) is 5.75 Å². The van der Waals surface area contributed by atoms with Crippen LogP contribution in [0.25, 0.3) is 0 Å². The van der Waals surface area contributed by atoms with Crippen LogP contribution in [-0.2, 0) is 20.7 Å². The van der Waals surface area contributed by atoms with Crippen molar-refractivity contribution in [2.75, 3.05) is 7.11 Å². The van der Waals surface area contributed by atoms with Gasteiger partial charge >= 0.3 is 5.97 Å². The summed E-state index contributed by atoms with van der Waals surface area (Å²) in [6.45, 7) is 1.33. The predicted octanol–water partition coefficient (Wildman–Crippen LogP) is 1.31. The maximum Gasteiger partial charge on any atom is 0.316 e. The van der Waals surface area contributed by atoms with E-state index < -0.39 is 11.9 Å². The van der Waals surface area contributed by atoms with Gasteiger partial charge in [-0.05, 0) is 25.0 Å². The molecule has 0 aliphatic rings. The van der Waals surface area contributed by atoms with Crippen molar-refractivity contribution >= 4 is 11.8 Å². The molecule has 0 heterocycles. The standard InChI is InChI=1S/C12H14O4/c1-8(13)10(12(15)16-2)7-9-5-3-4-6-11(9)14/h3-6,10,14H,7H2,1-2H3. The average Bonchev–Trinajstić information content (AvgIpc) is 2.26. The summed E-state index contributed by atoms with van der Waals surface area (Å²) < 4.78 is 4.54. The molecular weight excluding hydrogens is 208 g/mol. The van der Waals surface area contributed by atoms with E-state index in [1.807, 2.05) is 0 Å². The third kappa shape index (κ3) is 2.82. The third-order valence-electron chi connectivity index (χ3n) is 2.39. The van der Waals surface area contributed by atoms with E-state index in [4.69, 9.17) is 0 Å². The number of hydrogen-bond acceptors (Lipinski definition) is 4. The smallest absolute Gasteiger partial charge is 0.316 e. The number of phenolic OH excluding ortho intramolecular Hbond substituents is 1.